The quantitative estimate of drug-likeness (QED) is 0.130. The molecule has 2 aromatic rings. The molecule has 4 heteroatoms. The molecule has 0 fully saturated rings. The van der Waals surface area contributed by atoms with Crippen LogP contribution in [0, 0.1) is 23.7 Å². The molecule has 2 aromatic carbocycles. The molecule has 0 aliphatic rings. The lowest BCUT2D eigenvalue weighted by Gasteiger charge is -2.12. The number of rotatable bonds is 19. The van der Waals surface area contributed by atoms with Gasteiger partial charge in [0.25, 0.3) is 0 Å². The Morgan fingerprint density at radius 1 is 0.524 bits per heavy atom. The Labute approximate surface area is 254 Å². The second-order valence-corrected chi connectivity index (χ2v) is 11.1. The fraction of sp³-hybridized carbons (Fsp3) is 0.526. The molecule has 2 N–H and O–H groups in total. The van der Waals surface area contributed by atoms with Crippen molar-refractivity contribution >= 4 is 11.9 Å². The van der Waals surface area contributed by atoms with Gasteiger partial charge in [-0.2, -0.15) is 0 Å². The largest absolute Gasteiger partial charge is 0.478 e. The van der Waals surface area contributed by atoms with E-state index in [2.05, 4.69) is 37.5 Å². The van der Waals surface area contributed by atoms with Crippen LogP contribution in [0.3, 0.4) is 0 Å². The van der Waals surface area contributed by atoms with E-state index in [1.807, 2.05) is 0 Å². The minimum absolute atomic E-state index is 0.0347. The molecule has 42 heavy (non-hydrogen) atoms. The van der Waals surface area contributed by atoms with E-state index in [0.717, 1.165) is 25.7 Å². The van der Waals surface area contributed by atoms with Gasteiger partial charge in [0.05, 0.1) is 11.1 Å². The van der Waals surface area contributed by atoms with E-state index in [-0.39, 0.29) is 11.1 Å². The van der Waals surface area contributed by atoms with Gasteiger partial charge in [-0.25, -0.2) is 9.59 Å². The average molecular weight is 571 g/mol. The Morgan fingerprint density at radius 2 is 0.857 bits per heavy atom. The average Bonchev–Trinajstić information content (AvgIpc) is 2.98. The van der Waals surface area contributed by atoms with Gasteiger partial charge in [0.2, 0.25) is 0 Å². The first kappa shape index (κ1) is 34.7. The first-order chi connectivity index (χ1) is 20.5. The summed E-state index contributed by atoms with van der Waals surface area (Å²) in [4.78, 5) is 24.8. The van der Waals surface area contributed by atoms with Gasteiger partial charge in [0.15, 0.2) is 0 Å². The highest BCUT2D eigenvalue weighted by Crippen LogP contribution is 2.31. The maximum Gasteiger partial charge on any atom is 0.337 e. The van der Waals surface area contributed by atoms with Crippen LogP contribution >= 0.6 is 0 Å². The summed E-state index contributed by atoms with van der Waals surface area (Å²) >= 11 is 0. The molecule has 0 unspecified atom stereocenters. The zero-order valence-corrected chi connectivity index (χ0v) is 25.9. The van der Waals surface area contributed by atoms with Gasteiger partial charge in [-0.05, 0) is 36.1 Å². The minimum atomic E-state index is -1.12. The first-order valence-corrected chi connectivity index (χ1v) is 16.2. The molecule has 0 spiro atoms. The lowest BCUT2D eigenvalue weighted by atomic mass is 9.90. The highest BCUT2D eigenvalue weighted by Gasteiger charge is 2.22. The lowest BCUT2D eigenvalue weighted by molar-refractivity contribution is 0.0684. The van der Waals surface area contributed by atoms with Crippen LogP contribution in [0.25, 0.3) is 11.1 Å². The molecule has 0 aliphatic heterocycles. The fourth-order valence-electron chi connectivity index (χ4n) is 5.23. The Balaban J connectivity index is 2.12. The summed E-state index contributed by atoms with van der Waals surface area (Å²) in [6.07, 6.45) is 20.9. The third-order valence-corrected chi connectivity index (χ3v) is 7.60. The first-order valence-electron chi connectivity index (χ1n) is 16.2. The predicted octanol–water partition coefficient (Wildman–Crippen LogP) is 10.5. The van der Waals surface area contributed by atoms with E-state index >= 15 is 0 Å². The highest BCUT2D eigenvalue weighted by molar-refractivity contribution is 6.04. The Hall–Kier alpha value is -3.50. The molecule has 0 aliphatic carbocycles. The zero-order valence-electron chi connectivity index (χ0n) is 25.9. The third kappa shape index (κ3) is 12.6. The second-order valence-electron chi connectivity index (χ2n) is 11.1. The molecule has 0 aromatic heterocycles. The SMILES string of the molecule is CCCCCCCCCCC#Cc1cccc(-c2cccc(C#CCCCCCCCCCC)c2C(=O)O)c1C(=O)O. The zero-order chi connectivity index (χ0) is 30.4. The topological polar surface area (TPSA) is 74.6 Å². The van der Waals surface area contributed by atoms with E-state index in [4.69, 9.17) is 0 Å². The van der Waals surface area contributed by atoms with E-state index in [1.165, 1.54) is 77.0 Å². The molecule has 0 bridgehead atoms. The van der Waals surface area contributed by atoms with Crippen molar-refractivity contribution in [3.8, 4) is 34.8 Å². The number of hydrogen-bond donors (Lipinski definition) is 2. The molecule has 226 valence electrons. The number of unbranched alkanes of at least 4 members (excludes halogenated alkanes) is 16. The van der Waals surface area contributed by atoms with Gasteiger partial charge in [-0.3, -0.25) is 0 Å². The monoisotopic (exact) mass is 570 g/mol. The Morgan fingerprint density at radius 3 is 1.19 bits per heavy atom. The molecular formula is C38H50O4. The van der Waals surface area contributed by atoms with Crippen LogP contribution in [0.1, 0.15) is 161 Å². The van der Waals surface area contributed by atoms with Crippen LogP contribution in [-0.4, -0.2) is 22.2 Å². The normalized spacial score (nSPS) is 10.4. The summed E-state index contributed by atoms with van der Waals surface area (Å²) in [6.45, 7) is 4.45. The fourth-order valence-corrected chi connectivity index (χ4v) is 5.23. The number of carboxylic acids is 2. The summed E-state index contributed by atoms with van der Waals surface area (Å²) in [5.74, 6) is 10.2. The van der Waals surface area contributed by atoms with E-state index in [0.29, 0.717) is 35.1 Å². The van der Waals surface area contributed by atoms with Crippen LogP contribution < -0.4 is 0 Å². The summed E-state index contributed by atoms with van der Waals surface area (Å²) in [7, 11) is 0. The van der Waals surface area contributed by atoms with E-state index in [9.17, 15) is 19.8 Å². The molecular weight excluding hydrogens is 520 g/mol. The van der Waals surface area contributed by atoms with Gasteiger partial charge in [0, 0.05) is 24.0 Å². The van der Waals surface area contributed by atoms with Crippen LogP contribution in [0.15, 0.2) is 36.4 Å². The van der Waals surface area contributed by atoms with Crippen molar-refractivity contribution in [2.45, 2.75) is 129 Å². The lowest BCUT2D eigenvalue weighted by Crippen LogP contribution is -2.08. The molecule has 0 atom stereocenters. The van der Waals surface area contributed by atoms with E-state index < -0.39 is 11.9 Å². The number of carbonyl (C=O) groups is 2. The van der Waals surface area contributed by atoms with Gasteiger partial charge in [-0.1, -0.05) is 152 Å². The van der Waals surface area contributed by atoms with Gasteiger partial charge in [0.1, 0.15) is 0 Å². The standard InChI is InChI=1S/C38H50O4/c1-3-5-7-9-11-13-15-17-19-21-25-31-27-23-29-33(35(31)37(39)40)34-30-24-28-32(36(34)38(41)42)26-22-20-18-16-14-12-10-8-6-4-2/h23-24,27-30H,3-20H2,1-2H3,(H,39,40)(H,41,42). The van der Waals surface area contributed by atoms with Crippen molar-refractivity contribution in [1.29, 1.82) is 0 Å². The van der Waals surface area contributed by atoms with Crippen LogP contribution in [0.5, 0.6) is 0 Å². The minimum Gasteiger partial charge on any atom is -0.478 e. The maximum atomic E-state index is 12.4. The molecule has 0 saturated carbocycles. The third-order valence-electron chi connectivity index (χ3n) is 7.60. The van der Waals surface area contributed by atoms with Crippen molar-refractivity contribution < 1.29 is 19.8 Å². The summed E-state index contributed by atoms with van der Waals surface area (Å²) < 4.78 is 0. The summed E-state index contributed by atoms with van der Waals surface area (Å²) in [6, 6.07) is 10.2. The van der Waals surface area contributed by atoms with Crippen molar-refractivity contribution in [3.63, 3.8) is 0 Å². The Kier molecular flexibility index (Phi) is 17.5. The molecule has 0 radical (unpaired) electrons. The highest BCUT2D eigenvalue weighted by atomic mass is 16.4. The molecule has 0 amide bonds. The molecule has 0 saturated heterocycles. The number of hydrogen-bond acceptors (Lipinski definition) is 2. The van der Waals surface area contributed by atoms with Crippen LogP contribution in [0.4, 0.5) is 0 Å². The maximum absolute atomic E-state index is 12.4. The molecule has 2 rings (SSSR count). The van der Waals surface area contributed by atoms with Crippen molar-refractivity contribution in [2.75, 3.05) is 0 Å². The van der Waals surface area contributed by atoms with Gasteiger partial charge >= 0.3 is 11.9 Å². The van der Waals surface area contributed by atoms with E-state index in [1.54, 1.807) is 36.4 Å². The van der Waals surface area contributed by atoms with Gasteiger partial charge in [-0.15, -0.1) is 0 Å². The smallest absolute Gasteiger partial charge is 0.337 e. The molecule has 0 heterocycles. The number of aromatic carboxylic acids is 2. The number of benzene rings is 2. The summed E-state index contributed by atoms with van der Waals surface area (Å²) in [5.41, 5.74) is 1.58. The van der Waals surface area contributed by atoms with Crippen molar-refractivity contribution in [3.05, 3.63) is 58.7 Å². The Bertz CT molecular complexity index is 1140. The summed E-state index contributed by atoms with van der Waals surface area (Å²) in [5, 5.41) is 20.3. The number of carboxylic acid groups (broad SMARTS) is 2. The van der Waals surface area contributed by atoms with Crippen LogP contribution in [-0.2, 0) is 0 Å². The van der Waals surface area contributed by atoms with Crippen LogP contribution in [0.2, 0.25) is 0 Å². The van der Waals surface area contributed by atoms with Crippen molar-refractivity contribution in [2.24, 2.45) is 0 Å². The van der Waals surface area contributed by atoms with Crippen molar-refractivity contribution in [1.82, 2.24) is 0 Å². The van der Waals surface area contributed by atoms with Gasteiger partial charge < -0.3 is 10.2 Å². The second kappa shape index (κ2) is 21.2. The molecule has 4 nitrogen and oxygen atoms in total. The predicted molar refractivity (Wildman–Crippen MR) is 174 cm³/mol.